The molecular formula is C32H56N4O5S. The zero-order valence-electron chi connectivity index (χ0n) is 27.2. The van der Waals surface area contributed by atoms with Gasteiger partial charge in [-0.1, -0.05) is 67.2 Å². The van der Waals surface area contributed by atoms with Crippen molar-refractivity contribution in [3.8, 4) is 0 Å². The number of aromatic nitrogens is 1. The topological polar surface area (TPSA) is 112 Å². The largest absolute Gasteiger partial charge is 0.461 e. The van der Waals surface area contributed by atoms with Gasteiger partial charge in [0.25, 0.3) is 0 Å². The van der Waals surface area contributed by atoms with Gasteiger partial charge in [-0.3, -0.25) is 14.5 Å². The van der Waals surface area contributed by atoms with Gasteiger partial charge < -0.3 is 20.1 Å². The fourth-order valence-electron chi connectivity index (χ4n) is 5.69. The van der Waals surface area contributed by atoms with Crippen LogP contribution in [0.15, 0.2) is 5.38 Å². The lowest BCUT2D eigenvalue weighted by Crippen LogP contribution is -2.56. The van der Waals surface area contributed by atoms with E-state index in [0.717, 1.165) is 45.1 Å². The van der Waals surface area contributed by atoms with E-state index in [1.165, 1.54) is 11.3 Å². The SMILES string of the molecule is CCCCCCN(C(=O)[C@H](C(=O)N[C@H]1C[C@H](C)CCN1C)[C@@H](C)CC)[C@H](C[C@@H](O)c1nc(C(=O)OCC)cs1)C(C)C. The smallest absolute Gasteiger partial charge is 0.357 e. The molecule has 0 bridgehead atoms. The number of nitrogens with zero attached hydrogens (tertiary/aromatic N) is 3. The number of hydrogen-bond donors (Lipinski definition) is 2. The molecule has 9 nitrogen and oxygen atoms in total. The molecule has 42 heavy (non-hydrogen) atoms. The van der Waals surface area contributed by atoms with Crippen LogP contribution in [0.2, 0.25) is 0 Å². The van der Waals surface area contributed by atoms with Crippen molar-refractivity contribution in [3.63, 3.8) is 0 Å². The number of thiazole rings is 1. The number of amides is 2. The van der Waals surface area contributed by atoms with E-state index in [-0.39, 0.29) is 54.6 Å². The van der Waals surface area contributed by atoms with Crippen molar-refractivity contribution in [2.75, 3.05) is 26.7 Å². The molecule has 1 saturated heterocycles. The van der Waals surface area contributed by atoms with Gasteiger partial charge in [0.2, 0.25) is 11.8 Å². The van der Waals surface area contributed by atoms with Crippen molar-refractivity contribution >= 4 is 29.1 Å². The molecule has 1 aliphatic rings. The molecule has 1 aliphatic heterocycles. The summed E-state index contributed by atoms with van der Waals surface area (Å²) in [5, 5.41) is 16.5. The van der Waals surface area contributed by atoms with Crippen LogP contribution in [0, 0.1) is 23.7 Å². The molecule has 0 saturated carbocycles. The van der Waals surface area contributed by atoms with Crippen molar-refractivity contribution in [2.24, 2.45) is 23.7 Å². The Bertz CT molecular complexity index is 986. The summed E-state index contributed by atoms with van der Waals surface area (Å²) in [6, 6.07) is -0.305. The van der Waals surface area contributed by atoms with Crippen molar-refractivity contribution in [1.82, 2.24) is 20.1 Å². The molecule has 2 heterocycles. The van der Waals surface area contributed by atoms with Crippen LogP contribution in [-0.2, 0) is 14.3 Å². The van der Waals surface area contributed by atoms with Crippen LogP contribution in [0.5, 0.6) is 0 Å². The number of likely N-dealkylation sites (tertiary alicyclic amines) is 1. The van der Waals surface area contributed by atoms with Crippen LogP contribution >= 0.6 is 11.3 Å². The zero-order chi connectivity index (χ0) is 31.4. The minimum atomic E-state index is -0.954. The number of nitrogens with one attached hydrogen (secondary N) is 1. The molecule has 1 aromatic rings. The molecule has 0 aliphatic carbocycles. The van der Waals surface area contributed by atoms with Gasteiger partial charge in [0.1, 0.15) is 17.0 Å². The Labute approximate surface area is 257 Å². The highest BCUT2D eigenvalue weighted by molar-refractivity contribution is 7.09. The molecule has 240 valence electrons. The van der Waals surface area contributed by atoms with E-state index < -0.39 is 18.0 Å². The first kappa shape index (κ1) is 36.2. The van der Waals surface area contributed by atoms with Crippen LogP contribution in [0.3, 0.4) is 0 Å². The molecule has 6 atom stereocenters. The maximum absolute atomic E-state index is 14.5. The maximum Gasteiger partial charge on any atom is 0.357 e. The van der Waals surface area contributed by atoms with Crippen molar-refractivity contribution < 1.29 is 24.2 Å². The number of ether oxygens (including phenoxy) is 1. The van der Waals surface area contributed by atoms with Gasteiger partial charge in [0.15, 0.2) is 5.69 Å². The number of esters is 1. The molecule has 2 rings (SSSR count). The first-order valence-corrected chi connectivity index (χ1v) is 16.9. The minimum absolute atomic E-state index is 0.0326. The number of aliphatic hydroxyl groups excluding tert-OH is 1. The van der Waals surface area contributed by atoms with Gasteiger partial charge in [0, 0.05) is 30.9 Å². The third kappa shape index (κ3) is 10.3. The van der Waals surface area contributed by atoms with Gasteiger partial charge in [-0.15, -0.1) is 11.3 Å². The summed E-state index contributed by atoms with van der Waals surface area (Å²) in [7, 11) is 2.03. The van der Waals surface area contributed by atoms with Gasteiger partial charge in [-0.05, 0) is 51.0 Å². The van der Waals surface area contributed by atoms with E-state index >= 15 is 0 Å². The fourth-order valence-corrected chi connectivity index (χ4v) is 6.47. The first-order valence-electron chi connectivity index (χ1n) is 16.1. The molecule has 1 aromatic heterocycles. The maximum atomic E-state index is 14.5. The normalized spacial score (nSPS) is 20.5. The molecule has 0 radical (unpaired) electrons. The van der Waals surface area contributed by atoms with Crippen LogP contribution in [0.1, 0.15) is 121 Å². The summed E-state index contributed by atoms with van der Waals surface area (Å²) < 4.78 is 5.05. The number of carbonyl (C=O) groups is 3. The van der Waals surface area contributed by atoms with Crippen molar-refractivity contribution in [1.29, 1.82) is 0 Å². The molecule has 0 aromatic carbocycles. The highest BCUT2D eigenvalue weighted by Gasteiger charge is 2.40. The number of rotatable bonds is 17. The predicted octanol–water partition coefficient (Wildman–Crippen LogP) is 5.64. The van der Waals surface area contributed by atoms with E-state index in [0.29, 0.717) is 23.9 Å². The summed E-state index contributed by atoms with van der Waals surface area (Å²) in [6.07, 6.45) is 5.89. The molecule has 2 N–H and O–H groups in total. The van der Waals surface area contributed by atoms with Crippen LogP contribution in [0.25, 0.3) is 0 Å². The molecule has 0 unspecified atom stereocenters. The van der Waals surface area contributed by atoms with E-state index in [4.69, 9.17) is 4.74 Å². The number of unbranched alkanes of at least 4 members (excludes halogenated alkanes) is 3. The van der Waals surface area contributed by atoms with Crippen LogP contribution in [-0.4, -0.2) is 76.6 Å². The second-order valence-corrected chi connectivity index (χ2v) is 13.3. The lowest BCUT2D eigenvalue weighted by atomic mass is 9.86. The molecule has 1 fully saturated rings. The van der Waals surface area contributed by atoms with Crippen LogP contribution < -0.4 is 5.32 Å². The lowest BCUT2D eigenvalue weighted by Gasteiger charge is -2.40. The number of carbonyl (C=O) groups excluding carboxylic acids is 3. The highest BCUT2D eigenvalue weighted by Crippen LogP contribution is 2.31. The lowest BCUT2D eigenvalue weighted by molar-refractivity contribution is -0.148. The van der Waals surface area contributed by atoms with E-state index in [9.17, 15) is 19.5 Å². The average Bonchev–Trinajstić information content (AvgIpc) is 3.45. The van der Waals surface area contributed by atoms with Crippen molar-refractivity contribution in [3.05, 3.63) is 16.1 Å². The summed E-state index contributed by atoms with van der Waals surface area (Å²) in [6.45, 7) is 15.9. The number of aliphatic hydroxyl groups is 1. The van der Waals surface area contributed by atoms with E-state index in [1.807, 2.05) is 39.6 Å². The first-order chi connectivity index (χ1) is 19.9. The van der Waals surface area contributed by atoms with E-state index in [2.05, 4.69) is 29.0 Å². The Balaban J connectivity index is 2.34. The highest BCUT2D eigenvalue weighted by atomic mass is 32.1. The molecular weight excluding hydrogens is 552 g/mol. The Kier molecular flexibility index (Phi) is 15.4. The third-order valence-electron chi connectivity index (χ3n) is 8.66. The summed E-state index contributed by atoms with van der Waals surface area (Å²) >= 11 is 1.22. The molecule has 2 amide bonds. The van der Waals surface area contributed by atoms with Gasteiger partial charge in [-0.2, -0.15) is 0 Å². The zero-order valence-corrected chi connectivity index (χ0v) is 28.0. The quantitative estimate of drug-likeness (QED) is 0.134. The molecule has 10 heteroatoms. The predicted molar refractivity (Wildman–Crippen MR) is 168 cm³/mol. The Morgan fingerprint density at radius 2 is 1.90 bits per heavy atom. The Morgan fingerprint density at radius 1 is 1.19 bits per heavy atom. The fraction of sp³-hybridized carbons (Fsp3) is 0.812. The second kappa shape index (κ2) is 17.9. The van der Waals surface area contributed by atoms with Crippen LogP contribution in [0.4, 0.5) is 0 Å². The molecule has 0 spiro atoms. The monoisotopic (exact) mass is 608 g/mol. The average molecular weight is 609 g/mol. The third-order valence-corrected chi connectivity index (χ3v) is 9.61. The number of hydrogen-bond acceptors (Lipinski definition) is 8. The Hall–Kier alpha value is -2.04. The van der Waals surface area contributed by atoms with Gasteiger partial charge in [0.05, 0.1) is 12.8 Å². The standard InChI is InChI=1S/C32H56N4O5S/c1-9-12-13-14-16-36(25(21(4)5)19-26(37)30-33-24(20-42-30)32(40)41-11-3)31(39)28(23(7)10-2)29(38)34-27-18-22(6)15-17-35(27)8/h20-23,25-28,37H,9-19H2,1-8H3,(H,34,38)/t22-,23+,25-,26-,27-,28+/m1/s1. The van der Waals surface area contributed by atoms with E-state index in [1.54, 1.807) is 12.3 Å². The second-order valence-electron chi connectivity index (χ2n) is 12.4. The number of piperidine rings is 1. The summed E-state index contributed by atoms with van der Waals surface area (Å²) in [5.41, 5.74) is 0.181. The Morgan fingerprint density at radius 3 is 2.52 bits per heavy atom. The summed E-state index contributed by atoms with van der Waals surface area (Å²) in [5.74, 6) is -1.28. The summed E-state index contributed by atoms with van der Waals surface area (Å²) in [4.78, 5) is 48.8. The minimum Gasteiger partial charge on any atom is -0.461 e. The van der Waals surface area contributed by atoms with Gasteiger partial charge in [-0.25, -0.2) is 9.78 Å². The van der Waals surface area contributed by atoms with Crippen molar-refractivity contribution in [2.45, 2.75) is 118 Å². The van der Waals surface area contributed by atoms with Gasteiger partial charge >= 0.3 is 5.97 Å².